The monoisotopic (exact) mass is 320 g/mol. The minimum absolute atomic E-state index is 0.266. The lowest BCUT2D eigenvalue weighted by Crippen LogP contribution is -2.16. The van der Waals surface area contributed by atoms with Crippen LogP contribution in [0.2, 0.25) is 0 Å². The molecule has 1 aromatic carbocycles. The molecule has 0 aliphatic carbocycles. The molecule has 0 saturated heterocycles. The Hall–Kier alpha value is -2.15. The Balaban J connectivity index is 2.09. The number of pyridine rings is 1. The largest absolute Gasteiger partial charge is 0.396 e. The van der Waals surface area contributed by atoms with E-state index in [9.17, 15) is 4.79 Å². The lowest BCUT2D eigenvalue weighted by molar-refractivity contribution is 0.315. The molecule has 7 heteroatoms. The number of H-pyrrole nitrogens is 1. The van der Waals surface area contributed by atoms with Crippen LogP contribution in [0.1, 0.15) is 11.1 Å². The van der Waals surface area contributed by atoms with Gasteiger partial charge in [0.05, 0.1) is 5.69 Å². The van der Waals surface area contributed by atoms with E-state index in [0.717, 1.165) is 10.0 Å². The van der Waals surface area contributed by atoms with Gasteiger partial charge in [-0.3, -0.25) is 4.79 Å². The van der Waals surface area contributed by atoms with E-state index >= 15 is 0 Å². The minimum atomic E-state index is -0.274. The van der Waals surface area contributed by atoms with Crippen LogP contribution >= 0.6 is 15.9 Å². The zero-order valence-corrected chi connectivity index (χ0v) is 11.3. The number of fused-ring (bicyclic) bond motifs is 1. The van der Waals surface area contributed by atoms with Gasteiger partial charge in [0.15, 0.2) is 5.52 Å². The van der Waals surface area contributed by atoms with Crippen molar-refractivity contribution in [3.05, 3.63) is 50.2 Å². The number of hydrogen-bond acceptors (Lipinski definition) is 5. The van der Waals surface area contributed by atoms with Crippen molar-refractivity contribution in [2.75, 3.05) is 5.73 Å². The van der Waals surface area contributed by atoms with Crippen LogP contribution in [0.25, 0.3) is 11.2 Å². The van der Waals surface area contributed by atoms with E-state index in [4.69, 9.17) is 5.73 Å². The summed E-state index contributed by atoms with van der Waals surface area (Å²) >= 11 is 3.36. The van der Waals surface area contributed by atoms with Crippen LogP contribution in [-0.2, 0) is 6.42 Å². The average molecular weight is 321 g/mol. The van der Waals surface area contributed by atoms with E-state index in [2.05, 4.69) is 35.9 Å². The minimum Gasteiger partial charge on any atom is -0.396 e. The number of hydrogen-bond donors (Lipinski definition) is 2. The molecule has 0 bridgehead atoms. The zero-order valence-electron chi connectivity index (χ0n) is 9.68. The van der Waals surface area contributed by atoms with E-state index < -0.39 is 0 Å². The number of rotatable bonds is 2. The Morgan fingerprint density at radius 1 is 1.26 bits per heavy atom. The number of aromatic nitrogens is 3. The summed E-state index contributed by atoms with van der Waals surface area (Å²) in [6, 6.07) is 7.67. The number of nitrogens with two attached hydrogens (primary N) is 1. The topological polar surface area (TPSA) is 97.8 Å². The summed E-state index contributed by atoms with van der Waals surface area (Å²) in [6.07, 6.45) is 0.428. The first-order valence-electron chi connectivity index (χ1n) is 5.52. The van der Waals surface area contributed by atoms with Gasteiger partial charge in [-0.15, -0.1) is 0 Å². The molecule has 3 rings (SSSR count). The van der Waals surface area contributed by atoms with Gasteiger partial charge in [-0.25, -0.2) is 4.63 Å². The third-order valence-electron chi connectivity index (χ3n) is 2.87. The maximum atomic E-state index is 12.0. The molecule has 2 aromatic heterocycles. The van der Waals surface area contributed by atoms with E-state index in [1.807, 2.05) is 24.3 Å². The molecule has 0 spiro atoms. The second-order valence-corrected chi connectivity index (χ2v) is 5.03. The van der Waals surface area contributed by atoms with Crippen LogP contribution in [-0.4, -0.2) is 15.3 Å². The van der Waals surface area contributed by atoms with Crippen LogP contribution in [0.15, 0.2) is 38.2 Å². The van der Waals surface area contributed by atoms with Gasteiger partial charge in [0.1, 0.15) is 0 Å². The number of nitrogens with zero attached hydrogens (tertiary/aromatic N) is 2. The van der Waals surface area contributed by atoms with Crippen molar-refractivity contribution in [1.82, 2.24) is 15.3 Å². The van der Waals surface area contributed by atoms with Gasteiger partial charge in [-0.2, -0.15) is 0 Å². The predicted octanol–water partition coefficient (Wildman–Crippen LogP) is 1.85. The molecule has 3 aromatic rings. The maximum absolute atomic E-state index is 12.0. The third-order valence-corrected chi connectivity index (χ3v) is 3.40. The molecule has 0 saturated carbocycles. The summed E-state index contributed by atoms with van der Waals surface area (Å²) in [5, 5.41) is 7.26. The second-order valence-electron chi connectivity index (χ2n) is 4.11. The number of aromatic amines is 1. The predicted molar refractivity (Wildman–Crippen MR) is 73.8 cm³/mol. The normalized spacial score (nSPS) is 11.0. The molecule has 6 nitrogen and oxygen atoms in total. The molecule has 0 atom stereocenters. The van der Waals surface area contributed by atoms with Crippen molar-refractivity contribution in [2.24, 2.45) is 0 Å². The third kappa shape index (κ3) is 2.12. The van der Waals surface area contributed by atoms with Crippen LogP contribution in [0.3, 0.4) is 0 Å². The summed E-state index contributed by atoms with van der Waals surface area (Å²) in [7, 11) is 0. The van der Waals surface area contributed by atoms with Crippen molar-refractivity contribution in [2.45, 2.75) is 6.42 Å². The number of nitrogens with one attached hydrogen (secondary N) is 1. The van der Waals surface area contributed by atoms with E-state index in [0.29, 0.717) is 23.2 Å². The molecular formula is C12H9BrN4O2. The zero-order chi connectivity index (χ0) is 13.4. The Bertz CT molecular complexity index is 792. The Morgan fingerprint density at radius 2 is 2.00 bits per heavy atom. The van der Waals surface area contributed by atoms with Crippen molar-refractivity contribution in [3.63, 3.8) is 0 Å². The standard InChI is InChI=1S/C12H9BrN4O2/c13-7-3-1-6(2-4-7)5-8-9(14)10-11(15-12(8)18)17-19-16-10/h1-4H,5,14H2,(H,15,17,18). The quantitative estimate of drug-likeness (QED) is 0.750. The fourth-order valence-corrected chi connectivity index (χ4v) is 2.14. The van der Waals surface area contributed by atoms with Gasteiger partial charge in [-0.1, -0.05) is 28.1 Å². The molecule has 0 radical (unpaired) electrons. The number of anilines is 1. The van der Waals surface area contributed by atoms with Crippen molar-refractivity contribution in [3.8, 4) is 0 Å². The first-order valence-corrected chi connectivity index (χ1v) is 6.32. The smallest absolute Gasteiger partial charge is 0.255 e. The highest BCUT2D eigenvalue weighted by Gasteiger charge is 2.14. The van der Waals surface area contributed by atoms with Crippen LogP contribution in [0, 0.1) is 0 Å². The molecule has 2 heterocycles. The molecular weight excluding hydrogens is 312 g/mol. The van der Waals surface area contributed by atoms with Gasteiger partial charge >= 0.3 is 0 Å². The molecule has 0 fully saturated rings. The SMILES string of the molecule is Nc1c(Cc2ccc(Br)cc2)c(=O)[nH]c2nonc12. The highest BCUT2D eigenvalue weighted by atomic mass is 79.9. The summed E-state index contributed by atoms with van der Waals surface area (Å²) in [5.74, 6) is 0. The van der Waals surface area contributed by atoms with Gasteiger partial charge in [0, 0.05) is 16.5 Å². The highest BCUT2D eigenvalue weighted by molar-refractivity contribution is 9.10. The van der Waals surface area contributed by atoms with Gasteiger partial charge in [0.2, 0.25) is 5.65 Å². The highest BCUT2D eigenvalue weighted by Crippen LogP contribution is 2.20. The number of benzene rings is 1. The van der Waals surface area contributed by atoms with Crippen molar-refractivity contribution < 1.29 is 4.63 Å². The van der Waals surface area contributed by atoms with Crippen molar-refractivity contribution in [1.29, 1.82) is 0 Å². The van der Waals surface area contributed by atoms with Crippen molar-refractivity contribution >= 4 is 32.8 Å². The summed E-state index contributed by atoms with van der Waals surface area (Å²) in [6.45, 7) is 0. The van der Waals surface area contributed by atoms with Crippen LogP contribution in [0.4, 0.5) is 5.69 Å². The van der Waals surface area contributed by atoms with E-state index in [1.54, 1.807) is 0 Å². The Morgan fingerprint density at radius 3 is 2.74 bits per heavy atom. The molecule has 0 aliphatic rings. The van der Waals surface area contributed by atoms with Gasteiger partial charge in [0.25, 0.3) is 5.56 Å². The first-order chi connectivity index (χ1) is 9.15. The summed E-state index contributed by atoms with van der Waals surface area (Å²) in [4.78, 5) is 14.6. The number of nitrogen functional groups attached to an aromatic ring is 1. The lowest BCUT2D eigenvalue weighted by Gasteiger charge is -2.04. The molecule has 96 valence electrons. The molecule has 0 aliphatic heterocycles. The van der Waals surface area contributed by atoms with Gasteiger partial charge in [-0.05, 0) is 28.0 Å². The fourth-order valence-electron chi connectivity index (χ4n) is 1.88. The average Bonchev–Trinajstić information content (AvgIpc) is 2.85. The molecule has 3 N–H and O–H groups in total. The van der Waals surface area contributed by atoms with Crippen LogP contribution in [0.5, 0.6) is 0 Å². The fraction of sp³-hybridized carbons (Fsp3) is 0.0833. The number of halogens is 1. The summed E-state index contributed by atoms with van der Waals surface area (Å²) < 4.78 is 5.55. The first kappa shape index (κ1) is 11.9. The maximum Gasteiger partial charge on any atom is 0.255 e. The molecule has 19 heavy (non-hydrogen) atoms. The van der Waals surface area contributed by atoms with Gasteiger partial charge < -0.3 is 10.7 Å². The molecule has 0 amide bonds. The van der Waals surface area contributed by atoms with E-state index in [-0.39, 0.29) is 11.2 Å². The lowest BCUT2D eigenvalue weighted by atomic mass is 10.0. The Labute approximate surface area is 115 Å². The second kappa shape index (κ2) is 4.51. The van der Waals surface area contributed by atoms with Crippen LogP contribution < -0.4 is 11.3 Å². The Kier molecular flexibility index (Phi) is 2.83. The van der Waals surface area contributed by atoms with E-state index in [1.165, 1.54) is 0 Å². The molecule has 0 unspecified atom stereocenters. The summed E-state index contributed by atoms with van der Waals surface area (Å²) in [5.41, 5.74) is 8.08.